The zero-order valence-corrected chi connectivity index (χ0v) is 15.9. The standard InChI is InChI=1S/C18H19Cl2NO4/c1-5-24-18(23)15-9(2)16(21-10(15)3)17(22)11(4)25-14-7-12(19)6-13(20)8-14/h6-8,11,21H,5H2,1-4H3/t11-/m0/s1. The minimum atomic E-state index is -0.790. The Balaban J connectivity index is 2.25. The van der Waals surface area contributed by atoms with Gasteiger partial charge in [-0.3, -0.25) is 4.79 Å². The summed E-state index contributed by atoms with van der Waals surface area (Å²) in [5, 5.41) is 0.831. The summed E-state index contributed by atoms with van der Waals surface area (Å²) in [6, 6.07) is 4.73. The molecule has 0 aliphatic rings. The molecule has 1 heterocycles. The van der Waals surface area contributed by atoms with Crippen molar-refractivity contribution in [3.63, 3.8) is 0 Å². The number of aromatic nitrogens is 1. The molecule has 2 aromatic rings. The molecule has 1 atom stereocenters. The Morgan fingerprint density at radius 3 is 2.32 bits per heavy atom. The fourth-order valence-corrected chi connectivity index (χ4v) is 3.07. The fourth-order valence-electron chi connectivity index (χ4n) is 2.56. The highest BCUT2D eigenvalue weighted by Crippen LogP contribution is 2.26. The van der Waals surface area contributed by atoms with E-state index in [9.17, 15) is 9.59 Å². The van der Waals surface area contributed by atoms with E-state index in [-0.39, 0.29) is 12.4 Å². The number of halogens is 2. The van der Waals surface area contributed by atoms with Crippen molar-refractivity contribution >= 4 is 35.0 Å². The second-order valence-corrected chi connectivity index (χ2v) is 6.45. The number of ether oxygens (including phenoxy) is 2. The van der Waals surface area contributed by atoms with Crippen LogP contribution in [0.4, 0.5) is 0 Å². The minimum absolute atomic E-state index is 0.265. The average molecular weight is 384 g/mol. The van der Waals surface area contributed by atoms with Crippen molar-refractivity contribution in [1.82, 2.24) is 4.98 Å². The van der Waals surface area contributed by atoms with Crippen LogP contribution in [0.25, 0.3) is 0 Å². The number of nitrogens with one attached hydrogen (secondary N) is 1. The molecule has 7 heteroatoms. The molecule has 5 nitrogen and oxygen atoms in total. The Labute approximate surface area is 156 Å². The fraction of sp³-hybridized carbons (Fsp3) is 0.333. The topological polar surface area (TPSA) is 68.4 Å². The summed E-state index contributed by atoms with van der Waals surface area (Å²) in [4.78, 5) is 27.7. The van der Waals surface area contributed by atoms with E-state index in [2.05, 4.69) is 4.98 Å². The molecule has 0 saturated carbocycles. The number of carbonyl (C=O) groups is 2. The van der Waals surface area contributed by atoms with Gasteiger partial charge in [-0.25, -0.2) is 4.79 Å². The second kappa shape index (κ2) is 7.93. The maximum Gasteiger partial charge on any atom is 0.340 e. The first-order valence-electron chi connectivity index (χ1n) is 7.77. The molecule has 0 bridgehead atoms. The van der Waals surface area contributed by atoms with Crippen molar-refractivity contribution in [3.8, 4) is 5.75 Å². The third kappa shape index (κ3) is 4.35. The smallest absolute Gasteiger partial charge is 0.340 e. The van der Waals surface area contributed by atoms with Gasteiger partial charge in [-0.2, -0.15) is 0 Å². The van der Waals surface area contributed by atoms with Crippen LogP contribution < -0.4 is 4.74 Å². The van der Waals surface area contributed by atoms with Gasteiger partial charge < -0.3 is 14.5 Å². The number of aryl methyl sites for hydroxylation is 1. The van der Waals surface area contributed by atoms with Crippen LogP contribution in [0, 0.1) is 13.8 Å². The molecule has 25 heavy (non-hydrogen) atoms. The molecule has 2 rings (SSSR count). The first kappa shape index (κ1) is 19.3. The Hall–Kier alpha value is -1.98. The molecule has 0 amide bonds. The van der Waals surface area contributed by atoms with Gasteiger partial charge in [0.15, 0.2) is 6.10 Å². The molecular weight excluding hydrogens is 365 g/mol. The summed E-state index contributed by atoms with van der Waals surface area (Å²) in [6.07, 6.45) is -0.790. The van der Waals surface area contributed by atoms with Gasteiger partial charge >= 0.3 is 5.97 Å². The van der Waals surface area contributed by atoms with Gasteiger partial charge in [0.25, 0.3) is 0 Å². The Morgan fingerprint density at radius 2 is 1.76 bits per heavy atom. The molecule has 0 aliphatic heterocycles. The third-order valence-corrected chi connectivity index (χ3v) is 4.12. The minimum Gasteiger partial charge on any atom is -0.482 e. The lowest BCUT2D eigenvalue weighted by Gasteiger charge is -2.14. The SMILES string of the molecule is CCOC(=O)c1c(C)[nH]c(C(=O)[C@H](C)Oc2cc(Cl)cc(Cl)c2)c1C. The molecule has 0 fully saturated rings. The number of H-pyrrole nitrogens is 1. The molecule has 0 radical (unpaired) electrons. The highest BCUT2D eigenvalue weighted by Gasteiger charge is 2.26. The van der Waals surface area contributed by atoms with Gasteiger partial charge in [-0.1, -0.05) is 23.2 Å². The van der Waals surface area contributed by atoms with E-state index < -0.39 is 12.1 Å². The van der Waals surface area contributed by atoms with Crippen molar-refractivity contribution in [2.24, 2.45) is 0 Å². The average Bonchev–Trinajstić information content (AvgIpc) is 2.80. The molecule has 1 aromatic heterocycles. The van der Waals surface area contributed by atoms with Crippen LogP contribution in [0.2, 0.25) is 10.0 Å². The normalized spacial score (nSPS) is 11.9. The van der Waals surface area contributed by atoms with Crippen LogP contribution in [-0.4, -0.2) is 29.4 Å². The summed E-state index contributed by atoms with van der Waals surface area (Å²) in [7, 11) is 0. The van der Waals surface area contributed by atoms with Crippen molar-refractivity contribution in [2.45, 2.75) is 33.8 Å². The zero-order chi connectivity index (χ0) is 18.7. The van der Waals surface area contributed by atoms with E-state index >= 15 is 0 Å². The maximum atomic E-state index is 12.7. The lowest BCUT2D eigenvalue weighted by Crippen LogP contribution is -2.25. The first-order valence-corrected chi connectivity index (χ1v) is 8.53. The van der Waals surface area contributed by atoms with Crippen molar-refractivity contribution in [3.05, 3.63) is 50.8 Å². The van der Waals surface area contributed by atoms with Crippen LogP contribution in [0.5, 0.6) is 5.75 Å². The van der Waals surface area contributed by atoms with Crippen molar-refractivity contribution < 1.29 is 19.1 Å². The van der Waals surface area contributed by atoms with Gasteiger partial charge in [0.05, 0.1) is 17.9 Å². The molecule has 0 saturated heterocycles. The van der Waals surface area contributed by atoms with E-state index in [1.807, 2.05) is 0 Å². The van der Waals surface area contributed by atoms with E-state index in [0.29, 0.717) is 38.3 Å². The number of aromatic amines is 1. The largest absolute Gasteiger partial charge is 0.482 e. The third-order valence-electron chi connectivity index (χ3n) is 3.68. The van der Waals surface area contributed by atoms with E-state index in [1.54, 1.807) is 45.9 Å². The summed E-state index contributed by atoms with van der Waals surface area (Å²) in [6.45, 7) is 7.04. The van der Waals surface area contributed by atoms with E-state index in [1.165, 1.54) is 0 Å². The number of hydrogen-bond donors (Lipinski definition) is 1. The second-order valence-electron chi connectivity index (χ2n) is 5.57. The highest BCUT2D eigenvalue weighted by molar-refractivity contribution is 6.34. The molecule has 1 aromatic carbocycles. The molecule has 0 spiro atoms. The zero-order valence-electron chi connectivity index (χ0n) is 14.4. The van der Waals surface area contributed by atoms with Gasteiger partial charge in [-0.05, 0) is 51.5 Å². The van der Waals surface area contributed by atoms with Crippen LogP contribution in [0.3, 0.4) is 0 Å². The Morgan fingerprint density at radius 1 is 1.16 bits per heavy atom. The number of esters is 1. The first-order chi connectivity index (χ1) is 11.7. The number of hydrogen-bond acceptors (Lipinski definition) is 4. The van der Waals surface area contributed by atoms with Crippen LogP contribution >= 0.6 is 23.2 Å². The lowest BCUT2D eigenvalue weighted by molar-refractivity contribution is 0.0525. The molecular formula is C18H19Cl2NO4. The van der Waals surface area contributed by atoms with Crippen molar-refractivity contribution in [1.29, 1.82) is 0 Å². The summed E-state index contributed by atoms with van der Waals surface area (Å²) < 4.78 is 10.7. The van der Waals surface area contributed by atoms with Gasteiger partial charge in [-0.15, -0.1) is 0 Å². The predicted molar refractivity (Wildman–Crippen MR) is 97.1 cm³/mol. The summed E-state index contributed by atoms with van der Waals surface area (Å²) >= 11 is 11.9. The van der Waals surface area contributed by atoms with Crippen LogP contribution in [-0.2, 0) is 4.74 Å². The molecule has 0 aliphatic carbocycles. The maximum absolute atomic E-state index is 12.7. The molecule has 1 N–H and O–H groups in total. The van der Waals surface area contributed by atoms with E-state index in [0.717, 1.165) is 0 Å². The van der Waals surface area contributed by atoms with Gasteiger partial charge in [0, 0.05) is 15.7 Å². The van der Waals surface area contributed by atoms with Gasteiger partial charge in [0.1, 0.15) is 5.75 Å². The Kier molecular flexibility index (Phi) is 6.14. The number of benzene rings is 1. The number of rotatable bonds is 6. The van der Waals surface area contributed by atoms with Crippen LogP contribution in [0.1, 0.15) is 46.0 Å². The predicted octanol–water partition coefficient (Wildman–Crippen LogP) is 4.77. The highest BCUT2D eigenvalue weighted by atomic mass is 35.5. The quantitative estimate of drug-likeness (QED) is 0.576. The Bertz CT molecular complexity index is 793. The van der Waals surface area contributed by atoms with Gasteiger partial charge in [0.2, 0.25) is 5.78 Å². The number of ketones is 1. The van der Waals surface area contributed by atoms with E-state index in [4.69, 9.17) is 32.7 Å². The van der Waals surface area contributed by atoms with Crippen molar-refractivity contribution in [2.75, 3.05) is 6.61 Å². The number of carbonyl (C=O) groups excluding carboxylic acids is 2. The summed E-state index contributed by atoms with van der Waals surface area (Å²) in [5.74, 6) is -0.347. The molecule has 0 unspecified atom stereocenters. The molecule has 134 valence electrons. The van der Waals surface area contributed by atoms with Crippen LogP contribution in [0.15, 0.2) is 18.2 Å². The number of Topliss-reactive ketones (excluding diaryl/α,β-unsaturated/α-hetero) is 1. The monoisotopic (exact) mass is 383 g/mol. The summed E-state index contributed by atoms with van der Waals surface area (Å²) in [5.41, 5.74) is 1.82. The lowest BCUT2D eigenvalue weighted by atomic mass is 10.1.